The van der Waals surface area contributed by atoms with Gasteiger partial charge in [0.05, 0.1) is 0 Å². The molecule has 0 saturated heterocycles. The summed E-state index contributed by atoms with van der Waals surface area (Å²) in [5, 5.41) is 2.91. The Morgan fingerprint density at radius 3 is 2.07 bits per heavy atom. The van der Waals surface area contributed by atoms with Gasteiger partial charge in [0.1, 0.15) is 5.60 Å². The van der Waals surface area contributed by atoms with E-state index in [1.807, 2.05) is 34.6 Å². The van der Waals surface area contributed by atoms with Crippen molar-refractivity contribution in [3.8, 4) is 0 Å². The molecule has 15 heavy (non-hydrogen) atoms. The maximum atomic E-state index is 11.3. The van der Waals surface area contributed by atoms with Crippen molar-refractivity contribution in [2.45, 2.75) is 71.9 Å². The van der Waals surface area contributed by atoms with E-state index in [4.69, 9.17) is 4.74 Å². The van der Waals surface area contributed by atoms with E-state index < -0.39 is 5.60 Å². The highest BCUT2D eigenvalue weighted by atomic mass is 16.6. The van der Waals surface area contributed by atoms with Crippen molar-refractivity contribution in [2.75, 3.05) is 0 Å². The molecule has 0 atom stereocenters. The highest BCUT2D eigenvalue weighted by molar-refractivity contribution is 5.69. The van der Waals surface area contributed by atoms with E-state index in [2.05, 4.69) is 12.2 Å². The molecule has 0 bridgehead atoms. The van der Waals surface area contributed by atoms with E-state index in [0.29, 0.717) is 0 Å². The SMILES string of the molecule is CC.CCC1(NC(=O)OC(C)(C)C)CC1. The second-order valence-electron chi connectivity index (χ2n) is 4.76. The summed E-state index contributed by atoms with van der Waals surface area (Å²) >= 11 is 0. The Balaban J connectivity index is 0.000000921. The number of hydrogen-bond acceptors (Lipinski definition) is 2. The van der Waals surface area contributed by atoms with Crippen LogP contribution in [0.4, 0.5) is 4.79 Å². The number of ether oxygens (including phenoxy) is 1. The van der Waals surface area contributed by atoms with Gasteiger partial charge >= 0.3 is 6.09 Å². The molecule has 3 heteroatoms. The molecule has 1 rings (SSSR count). The Kier molecular flexibility index (Phi) is 5.12. The largest absolute Gasteiger partial charge is 0.444 e. The normalized spacial score (nSPS) is 17.2. The standard InChI is InChI=1S/C10H19NO2.C2H6/c1-5-10(6-7-10)11-8(12)13-9(2,3)4;1-2/h5-7H2,1-4H3,(H,11,12);1-2H3. The molecule has 0 aliphatic heterocycles. The minimum Gasteiger partial charge on any atom is -0.444 e. The third kappa shape index (κ3) is 5.65. The number of alkyl carbamates (subject to hydrolysis) is 1. The molecule has 0 aromatic carbocycles. The van der Waals surface area contributed by atoms with Crippen LogP contribution in [0.1, 0.15) is 60.8 Å². The number of amides is 1. The Hall–Kier alpha value is -0.730. The van der Waals surface area contributed by atoms with Crippen molar-refractivity contribution >= 4 is 6.09 Å². The lowest BCUT2D eigenvalue weighted by molar-refractivity contribution is 0.0495. The van der Waals surface area contributed by atoms with Gasteiger partial charge in [-0.05, 0) is 40.0 Å². The smallest absolute Gasteiger partial charge is 0.408 e. The predicted molar refractivity (Wildman–Crippen MR) is 63.0 cm³/mol. The van der Waals surface area contributed by atoms with E-state index in [9.17, 15) is 4.79 Å². The zero-order chi connectivity index (χ0) is 12.1. The van der Waals surface area contributed by atoms with E-state index in [1.54, 1.807) is 0 Å². The lowest BCUT2D eigenvalue weighted by Crippen LogP contribution is -2.40. The molecule has 0 aromatic rings. The van der Waals surface area contributed by atoms with Gasteiger partial charge in [-0.3, -0.25) is 0 Å². The zero-order valence-electron chi connectivity index (χ0n) is 10.9. The molecule has 0 unspecified atom stereocenters. The van der Waals surface area contributed by atoms with E-state index in [0.717, 1.165) is 19.3 Å². The molecule has 1 aliphatic carbocycles. The number of hydrogen-bond donors (Lipinski definition) is 1. The minimum absolute atomic E-state index is 0.0579. The highest BCUT2D eigenvalue weighted by Crippen LogP contribution is 2.38. The quantitative estimate of drug-likeness (QED) is 0.766. The first-order valence-electron chi connectivity index (χ1n) is 5.88. The van der Waals surface area contributed by atoms with Crippen molar-refractivity contribution in [3.63, 3.8) is 0 Å². The van der Waals surface area contributed by atoms with Gasteiger partial charge in [0, 0.05) is 5.54 Å². The second kappa shape index (κ2) is 5.38. The van der Waals surface area contributed by atoms with Crippen LogP contribution < -0.4 is 5.32 Å². The fraction of sp³-hybridized carbons (Fsp3) is 0.917. The predicted octanol–water partition coefficient (Wildman–Crippen LogP) is 3.48. The third-order valence-electron chi connectivity index (χ3n) is 2.30. The van der Waals surface area contributed by atoms with Gasteiger partial charge in [-0.1, -0.05) is 20.8 Å². The van der Waals surface area contributed by atoms with Crippen molar-refractivity contribution in [1.82, 2.24) is 5.32 Å². The average molecular weight is 215 g/mol. The van der Waals surface area contributed by atoms with Gasteiger partial charge < -0.3 is 10.1 Å². The van der Waals surface area contributed by atoms with Crippen LogP contribution in [0.25, 0.3) is 0 Å². The fourth-order valence-electron chi connectivity index (χ4n) is 1.24. The summed E-state index contributed by atoms with van der Waals surface area (Å²) in [4.78, 5) is 11.3. The highest BCUT2D eigenvalue weighted by Gasteiger charge is 2.42. The topological polar surface area (TPSA) is 38.3 Å². The van der Waals surface area contributed by atoms with Crippen LogP contribution in [0.3, 0.4) is 0 Å². The summed E-state index contributed by atoms with van der Waals surface area (Å²) in [6, 6.07) is 0. The molecule has 1 N–H and O–H groups in total. The second-order valence-corrected chi connectivity index (χ2v) is 4.76. The molecule has 1 aliphatic rings. The minimum atomic E-state index is -0.395. The molecule has 0 heterocycles. The monoisotopic (exact) mass is 215 g/mol. The Morgan fingerprint density at radius 1 is 1.33 bits per heavy atom. The molecule has 0 radical (unpaired) electrons. The van der Waals surface area contributed by atoms with Crippen LogP contribution in [0.15, 0.2) is 0 Å². The van der Waals surface area contributed by atoms with E-state index >= 15 is 0 Å². The Bertz CT molecular complexity index is 202. The van der Waals surface area contributed by atoms with Crippen molar-refractivity contribution < 1.29 is 9.53 Å². The first-order valence-corrected chi connectivity index (χ1v) is 5.88. The van der Waals surface area contributed by atoms with Crippen LogP contribution in [-0.2, 0) is 4.74 Å². The lowest BCUT2D eigenvalue weighted by atomic mass is 10.2. The Morgan fingerprint density at radius 2 is 1.80 bits per heavy atom. The van der Waals surface area contributed by atoms with Crippen LogP contribution in [0, 0.1) is 0 Å². The van der Waals surface area contributed by atoms with Gasteiger partial charge in [0.2, 0.25) is 0 Å². The molecular weight excluding hydrogens is 190 g/mol. The summed E-state index contributed by atoms with van der Waals surface area (Å²) in [5.41, 5.74) is -0.337. The first kappa shape index (κ1) is 14.3. The molecule has 0 aromatic heterocycles. The van der Waals surface area contributed by atoms with Gasteiger partial charge in [-0.25, -0.2) is 4.79 Å². The molecule has 3 nitrogen and oxygen atoms in total. The molecule has 1 fully saturated rings. The van der Waals surface area contributed by atoms with Crippen molar-refractivity contribution in [1.29, 1.82) is 0 Å². The summed E-state index contributed by atoms with van der Waals surface area (Å²) in [6.45, 7) is 11.7. The van der Waals surface area contributed by atoms with Crippen molar-refractivity contribution in [2.24, 2.45) is 0 Å². The van der Waals surface area contributed by atoms with Gasteiger partial charge in [-0.2, -0.15) is 0 Å². The van der Waals surface area contributed by atoms with E-state index in [1.165, 1.54) is 0 Å². The summed E-state index contributed by atoms with van der Waals surface area (Å²) in [5.74, 6) is 0. The van der Waals surface area contributed by atoms with Gasteiger partial charge in [-0.15, -0.1) is 0 Å². The molecule has 1 saturated carbocycles. The average Bonchev–Trinajstić information content (AvgIpc) is 2.85. The maximum Gasteiger partial charge on any atom is 0.408 e. The molecule has 0 spiro atoms. The van der Waals surface area contributed by atoms with Crippen LogP contribution in [-0.4, -0.2) is 17.2 Å². The zero-order valence-corrected chi connectivity index (χ0v) is 10.9. The number of carbonyl (C=O) groups excluding carboxylic acids is 1. The van der Waals surface area contributed by atoms with Crippen LogP contribution >= 0.6 is 0 Å². The Labute approximate surface area is 93.6 Å². The summed E-state index contributed by atoms with van der Waals surface area (Å²) < 4.78 is 5.17. The first-order chi connectivity index (χ1) is 6.87. The number of rotatable bonds is 2. The molecule has 1 amide bonds. The fourth-order valence-corrected chi connectivity index (χ4v) is 1.24. The third-order valence-corrected chi connectivity index (χ3v) is 2.30. The number of nitrogens with one attached hydrogen (secondary N) is 1. The van der Waals surface area contributed by atoms with Gasteiger partial charge in [0.15, 0.2) is 0 Å². The van der Waals surface area contributed by atoms with Crippen LogP contribution in [0.5, 0.6) is 0 Å². The molecule has 90 valence electrons. The maximum absolute atomic E-state index is 11.3. The number of carbonyl (C=O) groups is 1. The summed E-state index contributed by atoms with van der Waals surface area (Å²) in [7, 11) is 0. The summed E-state index contributed by atoms with van der Waals surface area (Å²) in [6.07, 6.45) is 2.88. The molecular formula is C12H25NO2. The lowest BCUT2D eigenvalue weighted by Gasteiger charge is -2.22. The van der Waals surface area contributed by atoms with Gasteiger partial charge in [0.25, 0.3) is 0 Å². The van der Waals surface area contributed by atoms with Crippen molar-refractivity contribution in [3.05, 3.63) is 0 Å². The van der Waals surface area contributed by atoms with Crippen LogP contribution in [0.2, 0.25) is 0 Å². The van der Waals surface area contributed by atoms with E-state index in [-0.39, 0.29) is 11.6 Å².